The van der Waals surface area contributed by atoms with Crippen LogP contribution in [0.2, 0.25) is 0 Å². The van der Waals surface area contributed by atoms with E-state index in [0.717, 1.165) is 5.76 Å². The van der Waals surface area contributed by atoms with Gasteiger partial charge in [0.05, 0.1) is 6.26 Å². The summed E-state index contributed by atoms with van der Waals surface area (Å²) in [6, 6.07) is 3.70. The molecule has 0 aliphatic carbocycles. The van der Waals surface area contributed by atoms with Gasteiger partial charge in [-0.1, -0.05) is 29.9 Å². The van der Waals surface area contributed by atoms with Gasteiger partial charge in [0, 0.05) is 10.8 Å². The summed E-state index contributed by atoms with van der Waals surface area (Å²) in [4.78, 5) is 0. The van der Waals surface area contributed by atoms with E-state index < -0.39 is 0 Å². The third kappa shape index (κ3) is 2.86. The van der Waals surface area contributed by atoms with Crippen molar-refractivity contribution in [3.63, 3.8) is 0 Å². The summed E-state index contributed by atoms with van der Waals surface area (Å²) in [5.74, 6) is 1.39. The third-order valence-electron chi connectivity index (χ3n) is 1.74. The summed E-state index contributed by atoms with van der Waals surface area (Å²) in [7, 11) is 0. The molecule has 2 aromatic heterocycles. The highest BCUT2D eigenvalue weighted by Gasteiger charge is 2.08. The molecule has 84 valence electrons. The summed E-state index contributed by atoms with van der Waals surface area (Å²) in [5.41, 5.74) is 0. The number of hydrogen-bond acceptors (Lipinski definition) is 5. The predicted octanol–water partition coefficient (Wildman–Crippen LogP) is 2.16. The fraction of sp³-hybridized carbons (Fsp3) is 0.222. The minimum atomic E-state index is 0.511. The Balaban J connectivity index is 2.04. The molecule has 2 aromatic rings. The molecule has 0 unspecified atom stereocenters. The average Bonchev–Trinajstić information content (AvgIpc) is 2.87. The van der Waals surface area contributed by atoms with E-state index in [4.69, 9.17) is 16.0 Å². The van der Waals surface area contributed by atoms with Crippen LogP contribution in [0.15, 0.2) is 39.6 Å². The Morgan fingerprint density at radius 1 is 1.62 bits per heavy atom. The molecule has 0 aliphatic rings. The van der Waals surface area contributed by atoms with E-state index in [-0.39, 0.29) is 0 Å². The van der Waals surface area contributed by atoms with E-state index in [1.165, 1.54) is 11.8 Å². The molecule has 0 bridgehead atoms. The maximum Gasteiger partial charge on any atom is 0.210 e. The Morgan fingerprint density at radius 3 is 3.19 bits per heavy atom. The van der Waals surface area contributed by atoms with Crippen molar-refractivity contribution in [2.75, 3.05) is 5.75 Å². The quantitative estimate of drug-likeness (QED) is 0.768. The van der Waals surface area contributed by atoms with Crippen molar-refractivity contribution >= 4 is 23.4 Å². The highest BCUT2D eigenvalue weighted by atomic mass is 35.5. The minimum Gasteiger partial charge on any atom is -0.467 e. The first-order valence-electron chi connectivity index (χ1n) is 4.50. The number of rotatable bonds is 5. The number of halogens is 1. The van der Waals surface area contributed by atoms with Crippen LogP contribution in [0.1, 0.15) is 5.76 Å². The van der Waals surface area contributed by atoms with Crippen LogP contribution in [0.3, 0.4) is 0 Å². The fourth-order valence-electron chi connectivity index (χ4n) is 1.09. The number of hydrogen-bond donors (Lipinski definition) is 0. The first-order valence-corrected chi connectivity index (χ1v) is 5.86. The van der Waals surface area contributed by atoms with Crippen LogP contribution in [0, 0.1) is 0 Å². The Labute approximate surface area is 101 Å². The van der Waals surface area contributed by atoms with Gasteiger partial charge in [-0.25, -0.2) is 4.68 Å². The van der Waals surface area contributed by atoms with Gasteiger partial charge in [0.2, 0.25) is 5.16 Å². The zero-order valence-electron chi connectivity index (χ0n) is 8.34. The van der Waals surface area contributed by atoms with Crippen molar-refractivity contribution in [2.24, 2.45) is 0 Å². The summed E-state index contributed by atoms with van der Waals surface area (Å²) >= 11 is 7.12. The van der Waals surface area contributed by atoms with Crippen molar-refractivity contribution in [1.82, 2.24) is 20.2 Å². The fourth-order valence-corrected chi connectivity index (χ4v) is 1.89. The standard InChI is InChI=1S/C9H9ClN4OS/c1-7(10)6-16-9-11-12-13-14(9)5-8-3-2-4-15-8/h2-4H,1,5-6H2. The molecule has 5 nitrogen and oxygen atoms in total. The normalized spacial score (nSPS) is 10.6. The molecule has 0 saturated heterocycles. The first-order chi connectivity index (χ1) is 7.75. The lowest BCUT2D eigenvalue weighted by atomic mass is 10.4. The highest BCUT2D eigenvalue weighted by Crippen LogP contribution is 2.18. The summed E-state index contributed by atoms with van der Waals surface area (Å²) in [5, 5.41) is 12.6. The van der Waals surface area contributed by atoms with Crippen molar-refractivity contribution in [3.05, 3.63) is 35.8 Å². The van der Waals surface area contributed by atoms with Crippen LogP contribution in [0.5, 0.6) is 0 Å². The molecule has 0 aliphatic heterocycles. The maximum atomic E-state index is 5.68. The number of furan rings is 1. The van der Waals surface area contributed by atoms with E-state index in [0.29, 0.717) is 22.5 Å². The molecular weight excluding hydrogens is 248 g/mol. The van der Waals surface area contributed by atoms with Crippen molar-refractivity contribution in [3.8, 4) is 0 Å². The summed E-state index contributed by atoms with van der Waals surface area (Å²) in [6.07, 6.45) is 1.62. The molecule has 0 saturated carbocycles. The molecule has 0 fully saturated rings. The van der Waals surface area contributed by atoms with Gasteiger partial charge < -0.3 is 4.42 Å². The van der Waals surface area contributed by atoms with Crippen LogP contribution in [0.4, 0.5) is 0 Å². The van der Waals surface area contributed by atoms with E-state index in [1.807, 2.05) is 12.1 Å². The summed E-state index contributed by atoms with van der Waals surface area (Å²) < 4.78 is 6.87. The number of tetrazole rings is 1. The van der Waals surface area contributed by atoms with Gasteiger partial charge in [0.25, 0.3) is 0 Å². The largest absolute Gasteiger partial charge is 0.467 e. The Bertz CT molecular complexity index is 468. The van der Waals surface area contributed by atoms with Crippen LogP contribution < -0.4 is 0 Å². The molecule has 0 spiro atoms. The monoisotopic (exact) mass is 256 g/mol. The second kappa shape index (κ2) is 5.18. The van der Waals surface area contributed by atoms with Crippen LogP contribution in [-0.2, 0) is 6.54 Å². The lowest BCUT2D eigenvalue weighted by Crippen LogP contribution is -2.03. The van der Waals surface area contributed by atoms with Crippen molar-refractivity contribution < 1.29 is 4.42 Å². The minimum absolute atomic E-state index is 0.511. The molecule has 0 N–H and O–H groups in total. The van der Waals surface area contributed by atoms with Crippen LogP contribution in [0.25, 0.3) is 0 Å². The van der Waals surface area contributed by atoms with Gasteiger partial charge in [-0.3, -0.25) is 0 Å². The van der Waals surface area contributed by atoms with Gasteiger partial charge in [-0.2, -0.15) is 0 Å². The van der Waals surface area contributed by atoms with Crippen LogP contribution >= 0.6 is 23.4 Å². The first kappa shape index (κ1) is 11.2. The Hall–Kier alpha value is -1.27. The average molecular weight is 257 g/mol. The lowest BCUT2D eigenvalue weighted by Gasteiger charge is -2.01. The lowest BCUT2D eigenvalue weighted by molar-refractivity contribution is 0.462. The summed E-state index contributed by atoms with van der Waals surface area (Å²) in [6.45, 7) is 4.12. The molecule has 0 atom stereocenters. The zero-order chi connectivity index (χ0) is 11.4. The maximum absolute atomic E-state index is 5.68. The van der Waals surface area contributed by atoms with E-state index >= 15 is 0 Å². The van der Waals surface area contributed by atoms with Gasteiger partial charge in [-0.05, 0) is 22.6 Å². The third-order valence-corrected chi connectivity index (χ3v) is 3.08. The molecule has 2 heterocycles. The topological polar surface area (TPSA) is 56.7 Å². The molecular formula is C9H9ClN4OS. The Morgan fingerprint density at radius 2 is 2.50 bits per heavy atom. The molecule has 7 heteroatoms. The van der Waals surface area contributed by atoms with Gasteiger partial charge >= 0.3 is 0 Å². The molecule has 0 aromatic carbocycles. The van der Waals surface area contributed by atoms with Gasteiger partial charge in [0.1, 0.15) is 12.3 Å². The molecule has 0 radical (unpaired) electrons. The second-order valence-corrected chi connectivity index (χ2v) is 4.48. The number of aromatic nitrogens is 4. The smallest absolute Gasteiger partial charge is 0.210 e. The van der Waals surface area contributed by atoms with E-state index in [2.05, 4.69) is 22.1 Å². The van der Waals surface area contributed by atoms with Gasteiger partial charge in [0.15, 0.2) is 0 Å². The Kier molecular flexibility index (Phi) is 3.63. The number of nitrogens with zero attached hydrogens (tertiary/aromatic N) is 4. The van der Waals surface area contributed by atoms with E-state index in [1.54, 1.807) is 10.9 Å². The zero-order valence-corrected chi connectivity index (χ0v) is 9.91. The van der Waals surface area contributed by atoms with Gasteiger partial charge in [-0.15, -0.1) is 5.10 Å². The van der Waals surface area contributed by atoms with Crippen LogP contribution in [-0.4, -0.2) is 26.0 Å². The van der Waals surface area contributed by atoms with Crippen molar-refractivity contribution in [2.45, 2.75) is 11.7 Å². The van der Waals surface area contributed by atoms with E-state index in [9.17, 15) is 0 Å². The molecule has 0 amide bonds. The highest BCUT2D eigenvalue weighted by molar-refractivity contribution is 7.99. The molecule has 16 heavy (non-hydrogen) atoms. The van der Waals surface area contributed by atoms with Crippen molar-refractivity contribution in [1.29, 1.82) is 0 Å². The predicted molar refractivity (Wildman–Crippen MR) is 61.3 cm³/mol. The second-order valence-electron chi connectivity index (χ2n) is 3.00. The molecule has 2 rings (SSSR count). The number of thioether (sulfide) groups is 1. The SMILES string of the molecule is C=C(Cl)CSc1nnnn1Cc1ccco1.